The molecule has 1 unspecified atom stereocenters. The maximum atomic E-state index is 13.1. The van der Waals surface area contributed by atoms with E-state index in [-0.39, 0.29) is 25.3 Å². The molecule has 1 atom stereocenters. The van der Waals surface area contributed by atoms with E-state index in [1.54, 1.807) is 12.1 Å². The van der Waals surface area contributed by atoms with Crippen LogP contribution < -0.4 is 10.5 Å². The maximum Gasteiger partial charge on any atom is 0.305 e. The number of primary amides is 1. The highest BCUT2D eigenvalue weighted by Gasteiger charge is 2.37. The first-order valence-electron chi connectivity index (χ1n) is 14.7. The zero-order valence-corrected chi connectivity index (χ0v) is 24.2. The second-order valence-corrected chi connectivity index (χ2v) is 11.3. The number of rotatable bonds is 12. The number of benzene rings is 3. The summed E-state index contributed by atoms with van der Waals surface area (Å²) in [7, 11) is 1.28. The van der Waals surface area contributed by atoms with Gasteiger partial charge >= 0.3 is 5.97 Å². The molecule has 2 N–H and O–H groups in total. The smallest absolute Gasteiger partial charge is 0.305 e. The van der Waals surface area contributed by atoms with E-state index in [1.165, 1.54) is 36.0 Å². The fraction of sp³-hybridized carbons (Fsp3) is 0.382. The molecule has 8 nitrogen and oxygen atoms in total. The molecule has 1 saturated heterocycles. The molecule has 2 heterocycles. The summed E-state index contributed by atoms with van der Waals surface area (Å²) in [6.07, 6.45) is 3.62. The standard InChI is InChI=1S/C34H39N3O5/c1-41-32(38)15-14-30(33(35)39)37-22-29-28(34(37)40)8-5-9-31(29)42-23-27-12-10-24(11-13-27)20-25-16-18-36(19-17-25)21-26-6-3-2-4-7-26/h2-13,25,30H,14-23H2,1H3,(H2,35,39). The molecular formula is C34H39N3O5. The molecule has 0 radical (unpaired) electrons. The van der Waals surface area contributed by atoms with Crippen molar-refractivity contribution in [2.45, 2.75) is 57.8 Å². The summed E-state index contributed by atoms with van der Waals surface area (Å²) in [5.41, 5.74) is 10.6. The van der Waals surface area contributed by atoms with Gasteiger partial charge in [0.1, 0.15) is 18.4 Å². The van der Waals surface area contributed by atoms with Crippen molar-refractivity contribution in [3.8, 4) is 5.75 Å². The van der Waals surface area contributed by atoms with Crippen LogP contribution in [0.4, 0.5) is 0 Å². The van der Waals surface area contributed by atoms with Gasteiger partial charge in [-0.1, -0.05) is 60.7 Å². The lowest BCUT2D eigenvalue weighted by atomic mass is 9.90. The number of carbonyl (C=O) groups is 3. The second kappa shape index (κ2) is 13.7. The number of hydrogen-bond donors (Lipinski definition) is 1. The Balaban J connectivity index is 1.13. The van der Waals surface area contributed by atoms with Crippen LogP contribution in [0.1, 0.15) is 58.3 Å². The van der Waals surface area contributed by atoms with Crippen molar-refractivity contribution >= 4 is 17.8 Å². The Morgan fingerprint density at radius 1 is 0.929 bits per heavy atom. The zero-order chi connectivity index (χ0) is 29.5. The van der Waals surface area contributed by atoms with Crippen LogP contribution in [0.25, 0.3) is 0 Å². The van der Waals surface area contributed by atoms with Gasteiger partial charge < -0.3 is 20.1 Å². The van der Waals surface area contributed by atoms with Crippen molar-refractivity contribution in [2.75, 3.05) is 20.2 Å². The summed E-state index contributed by atoms with van der Waals surface area (Å²) >= 11 is 0. The fourth-order valence-electron chi connectivity index (χ4n) is 5.98. The summed E-state index contributed by atoms with van der Waals surface area (Å²) in [5, 5.41) is 0. The Morgan fingerprint density at radius 3 is 2.33 bits per heavy atom. The number of esters is 1. The summed E-state index contributed by atoms with van der Waals surface area (Å²) in [4.78, 5) is 40.9. The van der Waals surface area contributed by atoms with E-state index >= 15 is 0 Å². The van der Waals surface area contributed by atoms with E-state index in [1.807, 2.05) is 6.07 Å². The molecule has 0 saturated carbocycles. The molecule has 2 aliphatic rings. The fourth-order valence-corrected chi connectivity index (χ4v) is 5.98. The third-order valence-electron chi connectivity index (χ3n) is 8.40. The normalized spacial score (nSPS) is 16.2. The van der Waals surface area contributed by atoms with Gasteiger partial charge in [0.15, 0.2) is 0 Å². The van der Waals surface area contributed by atoms with E-state index in [2.05, 4.69) is 64.2 Å². The number of piperidine rings is 1. The lowest BCUT2D eigenvalue weighted by Crippen LogP contribution is -2.45. The Kier molecular flexibility index (Phi) is 9.54. The lowest BCUT2D eigenvalue weighted by Gasteiger charge is -2.32. The highest BCUT2D eigenvalue weighted by atomic mass is 16.5. The highest BCUT2D eigenvalue weighted by Crippen LogP contribution is 2.33. The first-order chi connectivity index (χ1) is 20.4. The number of likely N-dealkylation sites (tertiary alicyclic amines) is 1. The van der Waals surface area contributed by atoms with Gasteiger partial charge in [0, 0.05) is 24.1 Å². The number of hydrogen-bond acceptors (Lipinski definition) is 6. The van der Waals surface area contributed by atoms with Gasteiger partial charge in [-0.25, -0.2) is 0 Å². The number of carbonyl (C=O) groups excluding carboxylic acids is 3. The largest absolute Gasteiger partial charge is 0.489 e. The summed E-state index contributed by atoms with van der Waals surface area (Å²) in [6.45, 7) is 3.86. The topological polar surface area (TPSA) is 102 Å². The van der Waals surface area contributed by atoms with Gasteiger partial charge in [-0.05, 0) is 73.5 Å². The molecule has 2 amide bonds. The molecule has 0 aliphatic carbocycles. The first-order valence-corrected chi connectivity index (χ1v) is 14.7. The summed E-state index contributed by atoms with van der Waals surface area (Å²) in [6, 6.07) is 23.7. The molecule has 3 aromatic rings. The lowest BCUT2D eigenvalue weighted by molar-refractivity contribution is -0.141. The van der Waals surface area contributed by atoms with Gasteiger partial charge in [0.25, 0.3) is 5.91 Å². The average Bonchev–Trinajstić information content (AvgIpc) is 3.34. The monoisotopic (exact) mass is 569 g/mol. The molecule has 0 spiro atoms. The SMILES string of the molecule is COC(=O)CCC(C(N)=O)N1Cc2c(OCc3ccc(CC4CCN(Cc5ccccc5)CC4)cc3)cccc2C1=O. The van der Waals surface area contributed by atoms with Crippen molar-refractivity contribution in [3.63, 3.8) is 0 Å². The van der Waals surface area contributed by atoms with E-state index in [0.717, 1.165) is 37.2 Å². The van der Waals surface area contributed by atoms with Crippen LogP contribution in [-0.4, -0.2) is 53.8 Å². The van der Waals surface area contributed by atoms with Crippen molar-refractivity contribution in [1.82, 2.24) is 9.80 Å². The van der Waals surface area contributed by atoms with E-state index in [4.69, 9.17) is 10.5 Å². The van der Waals surface area contributed by atoms with E-state index < -0.39 is 17.9 Å². The van der Waals surface area contributed by atoms with Crippen molar-refractivity contribution < 1.29 is 23.9 Å². The Bertz CT molecular complexity index is 1380. The number of nitrogens with zero attached hydrogens (tertiary/aromatic N) is 2. The molecule has 8 heteroatoms. The van der Waals surface area contributed by atoms with Crippen LogP contribution in [0, 0.1) is 5.92 Å². The predicted octanol–water partition coefficient (Wildman–Crippen LogP) is 4.48. The summed E-state index contributed by atoms with van der Waals surface area (Å²) in [5.74, 6) is -0.0985. The van der Waals surface area contributed by atoms with Crippen LogP contribution in [-0.2, 0) is 40.4 Å². The Labute approximate surface area is 247 Å². The van der Waals surface area contributed by atoms with Crippen LogP contribution in [0.15, 0.2) is 72.8 Å². The van der Waals surface area contributed by atoms with Gasteiger partial charge in [-0.2, -0.15) is 0 Å². The minimum atomic E-state index is -0.902. The average molecular weight is 570 g/mol. The van der Waals surface area contributed by atoms with Crippen molar-refractivity contribution in [2.24, 2.45) is 11.7 Å². The number of methoxy groups -OCH3 is 1. The van der Waals surface area contributed by atoms with E-state index in [0.29, 0.717) is 23.8 Å². The second-order valence-electron chi connectivity index (χ2n) is 11.3. The first kappa shape index (κ1) is 29.3. The number of fused-ring (bicyclic) bond motifs is 1. The minimum absolute atomic E-state index is 0.00294. The third kappa shape index (κ3) is 7.18. The van der Waals surface area contributed by atoms with Gasteiger partial charge in [0.2, 0.25) is 5.91 Å². The zero-order valence-electron chi connectivity index (χ0n) is 24.2. The number of amides is 2. The van der Waals surface area contributed by atoms with E-state index in [9.17, 15) is 14.4 Å². The van der Waals surface area contributed by atoms with Crippen LogP contribution in [0.3, 0.4) is 0 Å². The predicted molar refractivity (Wildman–Crippen MR) is 159 cm³/mol. The third-order valence-corrected chi connectivity index (χ3v) is 8.40. The quantitative estimate of drug-likeness (QED) is 0.323. The molecule has 2 aliphatic heterocycles. The van der Waals surface area contributed by atoms with Crippen molar-refractivity contribution in [3.05, 3.63) is 101 Å². The van der Waals surface area contributed by atoms with Crippen molar-refractivity contribution in [1.29, 1.82) is 0 Å². The maximum absolute atomic E-state index is 13.1. The highest BCUT2D eigenvalue weighted by molar-refractivity contribution is 6.01. The molecular weight excluding hydrogens is 530 g/mol. The van der Waals surface area contributed by atoms with Crippen LogP contribution in [0.5, 0.6) is 5.75 Å². The number of nitrogens with two attached hydrogens (primary N) is 1. The molecule has 3 aromatic carbocycles. The molecule has 220 valence electrons. The molecule has 5 rings (SSSR count). The minimum Gasteiger partial charge on any atom is -0.489 e. The Hall–Kier alpha value is -4.17. The number of ether oxygens (including phenoxy) is 2. The summed E-state index contributed by atoms with van der Waals surface area (Å²) < 4.78 is 10.8. The molecule has 0 bridgehead atoms. The van der Waals surface area contributed by atoms with Crippen LogP contribution in [0.2, 0.25) is 0 Å². The van der Waals surface area contributed by atoms with Gasteiger partial charge in [-0.15, -0.1) is 0 Å². The Morgan fingerprint density at radius 2 is 1.64 bits per heavy atom. The van der Waals surface area contributed by atoms with Gasteiger partial charge in [0.05, 0.1) is 13.7 Å². The molecule has 1 fully saturated rings. The molecule has 0 aromatic heterocycles. The molecule has 42 heavy (non-hydrogen) atoms. The van der Waals surface area contributed by atoms with Gasteiger partial charge in [-0.3, -0.25) is 19.3 Å². The van der Waals surface area contributed by atoms with Crippen LogP contribution >= 0.6 is 0 Å².